The fraction of sp³-hybridized carbons (Fsp3) is 0. The number of aromatic nitrogens is 2. The topological polar surface area (TPSA) is 64.9 Å². The summed E-state index contributed by atoms with van der Waals surface area (Å²) < 4.78 is 5.24. The molecule has 3 aromatic rings. The molecule has 2 aromatic carbocycles. The van der Waals surface area contributed by atoms with Crippen molar-refractivity contribution in [3.8, 4) is 22.8 Å². The highest BCUT2D eigenvalue weighted by molar-refractivity contribution is 6.35. The summed E-state index contributed by atoms with van der Waals surface area (Å²) in [6.45, 7) is 0. The summed E-state index contributed by atoms with van der Waals surface area (Å²) in [6.07, 6.45) is 0. The number of hydrogen-bond acceptors (Lipinski definition) is 4. The van der Waals surface area contributed by atoms with Gasteiger partial charge in [-0.1, -0.05) is 28.4 Å². The molecular weight excluding hydrogens is 297 g/mol. The van der Waals surface area contributed by atoms with Crippen molar-refractivity contribution < 1.29 is 4.52 Å². The summed E-state index contributed by atoms with van der Waals surface area (Å²) in [5.74, 6) is 0.845. The summed E-state index contributed by atoms with van der Waals surface area (Å²) in [7, 11) is 0. The SMILES string of the molecule is Nc1ccc(-c2noc(-c3cc(Cl)cc(Cl)c3)n2)cc1. The predicted octanol–water partition coefficient (Wildman–Crippen LogP) is 4.29. The molecule has 0 spiro atoms. The molecule has 3 rings (SSSR count). The van der Waals surface area contributed by atoms with Gasteiger partial charge in [0.25, 0.3) is 5.89 Å². The van der Waals surface area contributed by atoms with Gasteiger partial charge in [0, 0.05) is 26.9 Å². The lowest BCUT2D eigenvalue weighted by atomic mass is 10.2. The van der Waals surface area contributed by atoms with Crippen molar-refractivity contribution in [2.75, 3.05) is 5.73 Å². The Balaban J connectivity index is 1.99. The summed E-state index contributed by atoms with van der Waals surface area (Å²) in [5, 5.41) is 4.97. The Morgan fingerprint density at radius 3 is 2.20 bits per heavy atom. The maximum Gasteiger partial charge on any atom is 0.258 e. The van der Waals surface area contributed by atoms with Crippen LogP contribution in [0.1, 0.15) is 0 Å². The zero-order valence-electron chi connectivity index (χ0n) is 10.2. The Hall–Kier alpha value is -2.04. The van der Waals surface area contributed by atoms with Gasteiger partial charge < -0.3 is 10.3 Å². The lowest BCUT2D eigenvalue weighted by Gasteiger charge is -1.97. The van der Waals surface area contributed by atoms with Gasteiger partial charge in [0.1, 0.15) is 0 Å². The quantitative estimate of drug-likeness (QED) is 0.717. The first-order chi connectivity index (χ1) is 9.61. The van der Waals surface area contributed by atoms with Crippen molar-refractivity contribution in [1.82, 2.24) is 10.1 Å². The Morgan fingerprint density at radius 1 is 0.900 bits per heavy atom. The molecule has 6 heteroatoms. The summed E-state index contributed by atoms with van der Waals surface area (Å²) in [6, 6.07) is 12.3. The summed E-state index contributed by atoms with van der Waals surface area (Å²) in [4.78, 5) is 4.33. The van der Waals surface area contributed by atoms with Gasteiger partial charge in [0.05, 0.1) is 0 Å². The van der Waals surface area contributed by atoms with Gasteiger partial charge in [-0.15, -0.1) is 0 Å². The number of hydrogen-bond donors (Lipinski definition) is 1. The van der Waals surface area contributed by atoms with Crippen molar-refractivity contribution >= 4 is 28.9 Å². The summed E-state index contributed by atoms with van der Waals surface area (Å²) in [5.41, 5.74) is 7.82. The van der Waals surface area contributed by atoms with Crippen molar-refractivity contribution in [3.63, 3.8) is 0 Å². The molecule has 0 bridgehead atoms. The molecule has 0 unspecified atom stereocenters. The van der Waals surface area contributed by atoms with Gasteiger partial charge in [-0.2, -0.15) is 4.98 Å². The van der Waals surface area contributed by atoms with Crippen LogP contribution < -0.4 is 5.73 Å². The minimum Gasteiger partial charge on any atom is -0.399 e. The maximum absolute atomic E-state index is 5.95. The van der Waals surface area contributed by atoms with Crippen molar-refractivity contribution in [3.05, 3.63) is 52.5 Å². The van der Waals surface area contributed by atoms with Crippen LogP contribution in [-0.2, 0) is 0 Å². The molecule has 0 saturated carbocycles. The van der Waals surface area contributed by atoms with Gasteiger partial charge in [0.15, 0.2) is 0 Å². The third-order valence-electron chi connectivity index (χ3n) is 2.70. The number of halogens is 2. The van der Waals surface area contributed by atoms with E-state index >= 15 is 0 Å². The van der Waals surface area contributed by atoms with Gasteiger partial charge in [-0.3, -0.25) is 0 Å². The standard InChI is InChI=1S/C14H9Cl2N3O/c15-10-5-9(6-11(16)7-10)14-18-13(19-20-14)8-1-3-12(17)4-2-8/h1-7H,17H2. The minimum atomic E-state index is 0.362. The van der Waals surface area contributed by atoms with Crippen LogP contribution in [0.5, 0.6) is 0 Å². The van der Waals surface area contributed by atoms with E-state index in [4.69, 9.17) is 33.5 Å². The highest BCUT2D eigenvalue weighted by atomic mass is 35.5. The Morgan fingerprint density at radius 2 is 1.55 bits per heavy atom. The molecule has 0 atom stereocenters. The number of anilines is 1. The van der Waals surface area contributed by atoms with Crippen molar-refractivity contribution in [1.29, 1.82) is 0 Å². The number of rotatable bonds is 2. The fourth-order valence-electron chi connectivity index (χ4n) is 1.77. The lowest BCUT2D eigenvalue weighted by molar-refractivity contribution is 0.432. The minimum absolute atomic E-state index is 0.362. The molecule has 20 heavy (non-hydrogen) atoms. The molecule has 0 radical (unpaired) electrons. The molecular formula is C14H9Cl2N3O. The number of nitrogens with two attached hydrogens (primary N) is 1. The van der Waals surface area contributed by atoms with E-state index < -0.39 is 0 Å². The molecule has 0 saturated heterocycles. The third-order valence-corrected chi connectivity index (χ3v) is 3.14. The van der Waals surface area contributed by atoms with Crippen LogP contribution in [-0.4, -0.2) is 10.1 Å². The second-order valence-corrected chi connectivity index (χ2v) is 5.08. The van der Waals surface area contributed by atoms with Crippen LogP contribution in [0.15, 0.2) is 47.0 Å². The summed E-state index contributed by atoms with van der Waals surface area (Å²) >= 11 is 11.9. The Kier molecular flexibility index (Phi) is 3.34. The van der Waals surface area contributed by atoms with Crippen LogP contribution >= 0.6 is 23.2 Å². The van der Waals surface area contributed by atoms with E-state index in [1.54, 1.807) is 30.3 Å². The normalized spacial score (nSPS) is 10.7. The van der Waals surface area contributed by atoms with E-state index in [0.717, 1.165) is 5.56 Å². The average molecular weight is 306 g/mol. The van der Waals surface area contributed by atoms with Crippen molar-refractivity contribution in [2.45, 2.75) is 0 Å². The Labute approximate surface area is 125 Å². The molecule has 4 nitrogen and oxygen atoms in total. The number of benzene rings is 2. The van der Waals surface area contributed by atoms with Crippen molar-refractivity contribution in [2.24, 2.45) is 0 Å². The van der Waals surface area contributed by atoms with E-state index in [2.05, 4.69) is 10.1 Å². The highest BCUT2D eigenvalue weighted by Gasteiger charge is 2.11. The average Bonchev–Trinajstić information content (AvgIpc) is 2.88. The molecule has 2 N–H and O–H groups in total. The van der Waals surface area contributed by atoms with Crippen LogP contribution in [0.2, 0.25) is 10.0 Å². The smallest absolute Gasteiger partial charge is 0.258 e. The van der Waals surface area contributed by atoms with E-state index in [-0.39, 0.29) is 0 Å². The van der Waals surface area contributed by atoms with Crippen LogP contribution in [0.4, 0.5) is 5.69 Å². The molecule has 100 valence electrons. The lowest BCUT2D eigenvalue weighted by Crippen LogP contribution is -1.85. The van der Waals surface area contributed by atoms with Crippen LogP contribution in [0, 0.1) is 0 Å². The number of nitrogens with zero attached hydrogens (tertiary/aromatic N) is 2. The molecule has 0 fully saturated rings. The molecule has 0 aliphatic heterocycles. The molecule has 1 aromatic heterocycles. The zero-order valence-corrected chi connectivity index (χ0v) is 11.7. The molecule has 0 amide bonds. The van der Waals surface area contributed by atoms with E-state index in [9.17, 15) is 0 Å². The first-order valence-corrected chi connectivity index (χ1v) is 6.53. The van der Waals surface area contributed by atoms with Gasteiger partial charge in [-0.05, 0) is 42.5 Å². The number of nitrogen functional groups attached to an aromatic ring is 1. The fourth-order valence-corrected chi connectivity index (χ4v) is 2.29. The third kappa shape index (κ3) is 2.61. The first-order valence-electron chi connectivity index (χ1n) is 5.78. The highest BCUT2D eigenvalue weighted by Crippen LogP contribution is 2.27. The monoisotopic (exact) mass is 305 g/mol. The molecule has 0 aliphatic rings. The first kappa shape index (κ1) is 13.0. The predicted molar refractivity (Wildman–Crippen MR) is 79.6 cm³/mol. The zero-order chi connectivity index (χ0) is 14.1. The second kappa shape index (κ2) is 5.15. The second-order valence-electron chi connectivity index (χ2n) is 4.20. The van der Waals surface area contributed by atoms with Crippen LogP contribution in [0.3, 0.4) is 0 Å². The van der Waals surface area contributed by atoms with Crippen LogP contribution in [0.25, 0.3) is 22.8 Å². The van der Waals surface area contributed by atoms with E-state index in [0.29, 0.717) is 33.0 Å². The van der Waals surface area contributed by atoms with Gasteiger partial charge in [-0.25, -0.2) is 0 Å². The van der Waals surface area contributed by atoms with E-state index in [1.165, 1.54) is 0 Å². The van der Waals surface area contributed by atoms with Gasteiger partial charge >= 0.3 is 0 Å². The molecule has 0 aliphatic carbocycles. The van der Waals surface area contributed by atoms with E-state index in [1.807, 2.05) is 12.1 Å². The Bertz CT molecular complexity index is 733. The maximum atomic E-state index is 5.95. The largest absolute Gasteiger partial charge is 0.399 e. The molecule has 1 heterocycles. The van der Waals surface area contributed by atoms with Gasteiger partial charge in [0.2, 0.25) is 5.82 Å².